The van der Waals surface area contributed by atoms with Crippen LogP contribution in [0.4, 0.5) is 11.4 Å². The number of nitrogens with zero attached hydrogens (tertiary/aromatic N) is 2. The molecule has 33 heavy (non-hydrogen) atoms. The fraction of sp³-hybridized carbons (Fsp3) is 0.269. The Kier molecular flexibility index (Phi) is 6.05. The third kappa shape index (κ3) is 4.82. The zero-order chi connectivity index (χ0) is 23.7. The number of carbonyl (C=O) groups excluding carboxylic acids is 3. The molecule has 1 aromatic heterocycles. The number of nitrogens with one attached hydrogen (secondary N) is 2. The van der Waals surface area contributed by atoms with E-state index in [9.17, 15) is 14.4 Å². The molecule has 0 spiro atoms. The van der Waals surface area contributed by atoms with E-state index < -0.39 is 5.92 Å². The van der Waals surface area contributed by atoms with Gasteiger partial charge in [-0.2, -0.15) is 0 Å². The molecular weight excluding hydrogens is 416 g/mol. The molecule has 0 radical (unpaired) electrons. The van der Waals surface area contributed by atoms with E-state index in [1.54, 1.807) is 33.8 Å². The van der Waals surface area contributed by atoms with Crippen LogP contribution in [0, 0.1) is 33.6 Å². The molecule has 0 saturated carbocycles. The molecule has 1 aliphatic heterocycles. The lowest BCUT2D eigenvalue weighted by atomic mass is 10.1. The van der Waals surface area contributed by atoms with Crippen LogP contribution in [-0.4, -0.2) is 28.9 Å². The Balaban J connectivity index is 1.38. The number of aromatic nitrogens is 1. The minimum absolute atomic E-state index is 0.0530. The Morgan fingerprint density at radius 2 is 1.48 bits per heavy atom. The standard InChI is InChI=1S/C26H28N4O3/c1-16-11-17(2)13-23(12-16)29-15-21(14-24(29)31)25(32)27-22-9-7-20(8-10-22)26(33)28-30-18(3)5-6-19(30)4/h5-13,21H,14-15H2,1-4H3,(H,27,32)(H,28,33)/t21-/m0/s1. The highest BCUT2D eigenvalue weighted by Gasteiger charge is 2.35. The molecule has 7 heteroatoms. The van der Waals surface area contributed by atoms with Gasteiger partial charge >= 0.3 is 0 Å². The van der Waals surface area contributed by atoms with Gasteiger partial charge in [-0.3, -0.25) is 24.5 Å². The maximum Gasteiger partial charge on any atom is 0.270 e. The summed E-state index contributed by atoms with van der Waals surface area (Å²) in [5.74, 6) is -0.921. The fourth-order valence-corrected chi connectivity index (χ4v) is 4.20. The quantitative estimate of drug-likeness (QED) is 0.622. The third-order valence-electron chi connectivity index (χ3n) is 5.91. The Morgan fingerprint density at radius 3 is 2.09 bits per heavy atom. The maximum atomic E-state index is 12.8. The van der Waals surface area contributed by atoms with Gasteiger partial charge < -0.3 is 10.2 Å². The summed E-state index contributed by atoms with van der Waals surface area (Å²) < 4.78 is 1.73. The number of aryl methyl sites for hydroxylation is 4. The molecule has 0 bridgehead atoms. The summed E-state index contributed by atoms with van der Waals surface area (Å²) in [4.78, 5) is 39.6. The van der Waals surface area contributed by atoms with Gasteiger partial charge in [0, 0.05) is 41.3 Å². The van der Waals surface area contributed by atoms with Crippen molar-refractivity contribution in [1.29, 1.82) is 0 Å². The summed E-state index contributed by atoms with van der Waals surface area (Å²) in [6, 6.07) is 16.6. The lowest BCUT2D eigenvalue weighted by Crippen LogP contribution is -2.28. The SMILES string of the molecule is Cc1cc(C)cc(N2C[C@@H](C(=O)Nc3ccc(C(=O)Nn4c(C)ccc4C)cc3)CC2=O)c1. The van der Waals surface area contributed by atoms with Crippen molar-refractivity contribution < 1.29 is 14.4 Å². The van der Waals surface area contributed by atoms with Crippen molar-refractivity contribution in [2.24, 2.45) is 5.92 Å². The van der Waals surface area contributed by atoms with Crippen LogP contribution in [0.25, 0.3) is 0 Å². The van der Waals surface area contributed by atoms with Crippen LogP contribution in [0.2, 0.25) is 0 Å². The van der Waals surface area contributed by atoms with Crippen LogP contribution in [0.3, 0.4) is 0 Å². The normalized spacial score (nSPS) is 15.6. The van der Waals surface area contributed by atoms with Crippen molar-refractivity contribution in [1.82, 2.24) is 4.68 Å². The number of rotatable bonds is 5. The van der Waals surface area contributed by atoms with E-state index in [1.165, 1.54) is 0 Å². The first-order chi connectivity index (χ1) is 15.7. The van der Waals surface area contributed by atoms with E-state index in [4.69, 9.17) is 0 Å². The van der Waals surface area contributed by atoms with E-state index in [1.807, 2.05) is 52.0 Å². The molecule has 170 valence electrons. The van der Waals surface area contributed by atoms with Crippen LogP contribution in [0.15, 0.2) is 54.6 Å². The highest BCUT2D eigenvalue weighted by Crippen LogP contribution is 2.27. The van der Waals surface area contributed by atoms with Crippen molar-refractivity contribution in [2.45, 2.75) is 34.1 Å². The van der Waals surface area contributed by atoms with Crippen molar-refractivity contribution >= 4 is 29.1 Å². The number of hydrogen-bond donors (Lipinski definition) is 2. The van der Waals surface area contributed by atoms with E-state index in [0.717, 1.165) is 28.2 Å². The van der Waals surface area contributed by atoms with Gasteiger partial charge in [0.25, 0.3) is 5.91 Å². The highest BCUT2D eigenvalue weighted by atomic mass is 16.2. The first-order valence-electron chi connectivity index (χ1n) is 11.0. The molecule has 3 amide bonds. The molecule has 2 N–H and O–H groups in total. The second-order valence-corrected chi connectivity index (χ2v) is 8.71. The average Bonchev–Trinajstić information content (AvgIpc) is 3.31. The van der Waals surface area contributed by atoms with Crippen molar-refractivity contribution in [2.75, 3.05) is 22.2 Å². The van der Waals surface area contributed by atoms with Gasteiger partial charge in [0.15, 0.2) is 0 Å². The summed E-state index contributed by atoms with van der Waals surface area (Å²) in [5, 5.41) is 2.87. The zero-order valence-electron chi connectivity index (χ0n) is 19.3. The van der Waals surface area contributed by atoms with Gasteiger partial charge in [-0.25, -0.2) is 0 Å². The van der Waals surface area contributed by atoms with Gasteiger partial charge in [-0.15, -0.1) is 0 Å². The van der Waals surface area contributed by atoms with Crippen molar-refractivity contribution in [3.63, 3.8) is 0 Å². The van der Waals surface area contributed by atoms with Crippen molar-refractivity contribution in [3.8, 4) is 0 Å². The lowest BCUT2D eigenvalue weighted by molar-refractivity contribution is -0.122. The number of hydrogen-bond acceptors (Lipinski definition) is 3. The second-order valence-electron chi connectivity index (χ2n) is 8.71. The Bertz CT molecular complexity index is 1190. The minimum atomic E-state index is -0.430. The molecule has 1 aliphatic rings. The van der Waals surface area contributed by atoms with Crippen LogP contribution in [-0.2, 0) is 9.59 Å². The first kappa shape index (κ1) is 22.3. The fourth-order valence-electron chi connectivity index (χ4n) is 4.20. The lowest BCUT2D eigenvalue weighted by Gasteiger charge is -2.18. The topological polar surface area (TPSA) is 83.4 Å². The van der Waals surface area contributed by atoms with E-state index in [0.29, 0.717) is 17.8 Å². The maximum absolute atomic E-state index is 12.8. The van der Waals surface area contributed by atoms with Crippen LogP contribution in [0.5, 0.6) is 0 Å². The first-order valence-corrected chi connectivity index (χ1v) is 11.0. The molecule has 4 rings (SSSR count). The number of anilines is 2. The summed E-state index contributed by atoms with van der Waals surface area (Å²) in [6.07, 6.45) is 0.175. The summed E-state index contributed by atoms with van der Waals surface area (Å²) >= 11 is 0. The molecule has 0 aliphatic carbocycles. The van der Waals surface area contributed by atoms with Crippen LogP contribution < -0.4 is 15.6 Å². The molecule has 0 unspecified atom stereocenters. The molecule has 2 aromatic carbocycles. The largest absolute Gasteiger partial charge is 0.326 e. The van der Waals surface area contributed by atoms with E-state index >= 15 is 0 Å². The molecular formula is C26H28N4O3. The van der Waals surface area contributed by atoms with Gasteiger partial charge in [-0.05, 0) is 87.4 Å². The number of carbonyl (C=O) groups is 3. The monoisotopic (exact) mass is 444 g/mol. The van der Waals surface area contributed by atoms with Gasteiger partial charge in [-0.1, -0.05) is 6.07 Å². The van der Waals surface area contributed by atoms with Crippen molar-refractivity contribution in [3.05, 3.63) is 82.7 Å². The molecule has 2 heterocycles. The third-order valence-corrected chi connectivity index (χ3v) is 5.91. The minimum Gasteiger partial charge on any atom is -0.326 e. The predicted molar refractivity (Wildman–Crippen MR) is 129 cm³/mol. The molecule has 3 aromatic rings. The zero-order valence-corrected chi connectivity index (χ0v) is 19.3. The number of benzene rings is 2. The highest BCUT2D eigenvalue weighted by molar-refractivity contribution is 6.04. The van der Waals surface area contributed by atoms with Gasteiger partial charge in [0.05, 0.1) is 5.92 Å². The molecule has 1 fully saturated rings. The van der Waals surface area contributed by atoms with Crippen LogP contribution in [0.1, 0.15) is 39.3 Å². The Hall–Kier alpha value is -3.87. The molecule has 7 nitrogen and oxygen atoms in total. The van der Waals surface area contributed by atoms with E-state index in [-0.39, 0.29) is 24.1 Å². The second kappa shape index (κ2) is 8.94. The summed E-state index contributed by atoms with van der Waals surface area (Å²) in [7, 11) is 0. The Morgan fingerprint density at radius 1 is 0.879 bits per heavy atom. The van der Waals surface area contributed by atoms with Crippen LogP contribution >= 0.6 is 0 Å². The smallest absolute Gasteiger partial charge is 0.270 e. The summed E-state index contributed by atoms with van der Waals surface area (Å²) in [5.41, 5.74) is 8.79. The number of amides is 3. The summed E-state index contributed by atoms with van der Waals surface area (Å²) in [6.45, 7) is 8.17. The molecule has 1 atom stereocenters. The predicted octanol–water partition coefficient (Wildman–Crippen LogP) is 4.10. The molecule has 1 saturated heterocycles. The Labute approximate surface area is 193 Å². The average molecular weight is 445 g/mol. The van der Waals surface area contributed by atoms with Gasteiger partial charge in [0.2, 0.25) is 11.8 Å². The van der Waals surface area contributed by atoms with Gasteiger partial charge in [0.1, 0.15) is 0 Å². The van der Waals surface area contributed by atoms with E-state index in [2.05, 4.69) is 16.8 Å².